The molecule has 3 rings (SSSR count). The molecule has 24 heavy (non-hydrogen) atoms. The van der Waals surface area contributed by atoms with Gasteiger partial charge in [0, 0.05) is 18.7 Å². The molecule has 1 atom stereocenters. The molecular weight excluding hydrogens is 310 g/mol. The molecule has 1 amide bonds. The highest BCUT2D eigenvalue weighted by atomic mass is 16.6. The summed E-state index contributed by atoms with van der Waals surface area (Å²) in [5.41, 5.74) is 0.660. The van der Waals surface area contributed by atoms with E-state index in [1.807, 2.05) is 6.07 Å². The van der Waals surface area contributed by atoms with Crippen LogP contribution in [0.25, 0.3) is 0 Å². The van der Waals surface area contributed by atoms with Crippen LogP contribution in [0.4, 0.5) is 5.82 Å². The van der Waals surface area contributed by atoms with Gasteiger partial charge in [-0.2, -0.15) is 0 Å². The molecule has 1 unspecified atom stereocenters. The van der Waals surface area contributed by atoms with Crippen molar-refractivity contribution in [2.75, 3.05) is 13.1 Å². The molecule has 0 bridgehead atoms. The summed E-state index contributed by atoms with van der Waals surface area (Å²) in [5.74, 6) is -0.589. The van der Waals surface area contributed by atoms with Crippen LogP contribution in [0.15, 0.2) is 48.7 Å². The summed E-state index contributed by atoms with van der Waals surface area (Å²) in [6.45, 7) is 1.36. The largest absolute Gasteiger partial charge is 0.467 e. The second-order valence-corrected chi connectivity index (χ2v) is 5.52. The van der Waals surface area contributed by atoms with Gasteiger partial charge in [-0.1, -0.05) is 30.3 Å². The van der Waals surface area contributed by atoms with Crippen molar-refractivity contribution < 1.29 is 14.5 Å². The van der Waals surface area contributed by atoms with Crippen molar-refractivity contribution in [3.63, 3.8) is 0 Å². The summed E-state index contributed by atoms with van der Waals surface area (Å²) in [5, 5.41) is 11.1. The molecule has 1 aromatic heterocycles. The maximum Gasteiger partial charge on any atom is 0.406 e. The number of nitro groups is 1. The molecule has 1 aliphatic heterocycles. The quantitative estimate of drug-likeness (QED) is 0.622. The molecular formula is C17H17N3O4. The molecule has 1 saturated heterocycles. The van der Waals surface area contributed by atoms with Crippen molar-refractivity contribution in [3.05, 3.63) is 64.3 Å². The predicted octanol–water partition coefficient (Wildman–Crippen LogP) is 2.73. The number of pyridine rings is 1. The van der Waals surface area contributed by atoms with Crippen LogP contribution >= 0.6 is 0 Å². The summed E-state index contributed by atoms with van der Waals surface area (Å²) in [6.07, 6.45) is 2.32. The molecule has 0 saturated carbocycles. The fourth-order valence-corrected chi connectivity index (χ4v) is 2.73. The van der Waals surface area contributed by atoms with E-state index < -0.39 is 16.8 Å². The molecule has 7 nitrogen and oxygen atoms in total. The summed E-state index contributed by atoms with van der Waals surface area (Å²) in [7, 11) is 0. The second-order valence-electron chi connectivity index (χ2n) is 5.52. The molecule has 2 heterocycles. The van der Waals surface area contributed by atoms with Gasteiger partial charge in [-0.3, -0.25) is 4.79 Å². The van der Waals surface area contributed by atoms with Gasteiger partial charge < -0.3 is 19.8 Å². The number of ether oxygens (including phenoxy) is 1. The van der Waals surface area contributed by atoms with E-state index in [2.05, 4.69) is 4.98 Å². The molecule has 0 aliphatic carbocycles. The van der Waals surface area contributed by atoms with E-state index in [1.54, 1.807) is 35.2 Å². The number of rotatable bonds is 5. The van der Waals surface area contributed by atoms with Gasteiger partial charge in [-0.25, -0.2) is 0 Å². The lowest BCUT2D eigenvalue weighted by molar-refractivity contribution is -0.390. The van der Waals surface area contributed by atoms with E-state index in [4.69, 9.17) is 4.74 Å². The Morgan fingerprint density at radius 3 is 2.54 bits per heavy atom. The topological polar surface area (TPSA) is 85.6 Å². The Morgan fingerprint density at radius 2 is 1.88 bits per heavy atom. The SMILES string of the molecule is O=C(C(Oc1cccnc1[N+](=O)[O-])c1ccccc1)N1CCCC1. The summed E-state index contributed by atoms with van der Waals surface area (Å²) in [6, 6.07) is 12.0. The van der Waals surface area contributed by atoms with Crippen LogP contribution in [0.1, 0.15) is 24.5 Å². The van der Waals surface area contributed by atoms with E-state index in [0.29, 0.717) is 18.7 Å². The van der Waals surface area contributed by atoms with Gasteiger partial charge in [0.25, 0.3) is 5.91 Å². The molecule has 0 spiro atoms. The van der Waals surface area contributed by atoms with Crippen LogP contribution < -0.4 is 4.74 Å². The molecule has 2 aromatic rings. The third kappa shape index (κ3) is 3.34. The summed E-state index contributed by atoms with van der Waals surface area (Å²) < 4.78 is 5.77. The van der Waals surface area contributed by atoms with Crippen molar-refractivity contribution in [2.24, 2.45) is 0 Å². The Kier molecular flexibility index (Phi) is 4.69. The van der Waals surface area contributed by atoms with Gasteiger partial charge >= 0.3 is 5.82 Å². The average Bonchev–Trinajstić information content (AvgIpc) is 3.15. The highest BCUT2D eigenvalue weighted by Crippen LogP contribution is 2.30. The number of carbonyl (C=O) groups excluding carboxylic acids is 1. The lowest BCUT2D eigenvalue weighted by Crippen LogP contribution is -2.35. The molecule has 7 heteroatoms. The third-order valence-corrected chi connectivity index (χ3v) is 3.91. The van der Waals surface area contributed by atoms with Crippen molar-refractivity contribution in [1.82, 2.24) is 9.88 Å². The first-order valence-corrected chi connectivity index (χ1v) is 7.76. The normalized spacial score (nSPS) is 15.1. The van der Waals surface area contributed by atoms with Crippen LogP contribution in [0.3, 0.4) is 0 Å². The predicted molar refractivity (Wildman–Crippen MR) is 86.5 cm³/mol. The van der Waals surface area contributed by atoms with Crippen molar-refractivity contribution >= 4 is 11.7 Å². The molecule has 1 aromatic carbocycles. The monoisotopic (exact) mass is 327 g/mol. The number of carbonyl (C=O) groups is 1. The standard InChI is InChI=1S/C17H17N3O4/c21-17(19-11-4-5-12-19)15(13-7-2-1-3-8-13)24-14-9-6-10-18-16(14)20(22)23/h1-3,6-10,15H,4-5,11-12H2. The lowest BCUT2D eigenvalue weighted by atomic mass is 10.1. The van der Waals surface area contributed by atoms with Gasteiger partial charge in [0.1, 0.15) is 6.20 Å². The fraction of sp³-hybridized carbons (Fsp3) is 0.294. The van der Waals surface area contributed by atoms with E-state index in [-0.39, 0.29) is 11.7 Å². The minimum atomic E-state index is -0.924. The number of amides is 1. The first-order chi connectivity index (χ1) is 11.7. The van der Waals surface area contributed by atoms with Gasteiger partial charge in [-0.15, -0.1) is 0 Å². The van der Waals surface area contributed by atoms with E-state index in [0.717, 1.165) is 12.8 Å². The van der Waals surface area contributed by atoms with Crippen LogP contribution in [-0.4, -0.2) is 33.8 Å². The zero-order valence-electron chi connectivity index (χ0n) is 13.0. The van der Waals surface area contributed by atoms with E-state index in [9.17, 15) is 14.9 Å². The Bertz CT molecular complexity index is 730. The van der Waals surface area contributed by atoms with E-state index >= 15 is 0 Å². The average molecular weight is 327 g/mol. The summed E-state index contributed by atoms with van der Waals surface area (Å²) >= 11 is 0. The van der Waals surface area contributed by atoms with Gasteiger partial charge in [-0.05, 0) is 34.9 Å². The first-order valence-electron chi connectivity index (χ1n) is 7.76. The zero-order valence-corrected chi connectivity index (χ0v) is 13.0. The van der Waals surface area contributed by atoms with E-state index in [1.165, 1.54) is 12.3 Å². The Balaban J connectivity index is 1.93. The fourth-order valence-electron chi connectivity index (χ4n) is 2.73. The molecule has 1 fully saturated rings. The van der Waals surface area contributed by atoms with Gasteiger partial charge in [0.15, 0.2) is 0 Å². The maximum absolute atomic E-state index is 12.8. The summed E-state index contributed by atoms with van der Waals surface area (Å²) in [4.78, 5) is 28.8. The lowest BCUT2D eigenvalue weighted by Gasteiger charge is -2.24. The van der Waals surface area contributed by atoms with Crippen molar-refractivity contribution in [1.29, 1.82) is 0 Å². The molecule has 0 radical (unpaired) electrons. The van der Waals surface area contributed by atoms with Crippen LogP contribution in [0.5, 0.6) is 5.75 Å². The smallest absolute Gasteiger partial charge is 0.406 e. The highest BCUT2D eigenvalue weighted by Gasteiger charge is 2.31. The third-order valence-electron chi connectivity index (χ3n) is 3.91. The number of hydrogen-bond donors (Lipinski definition) is 0. The molecule has 0 N–H and O–H groups in total. The van der Waals surface area contributed by atoms with Crippen molar-refractivity contribution in [2.45, 2.75) is 18.9 Å². The minimum absolute atomic E-state index is 0.0103. The van der Waals surface area contributed by atoms with Crippen LogP contribution in [0.2, 0.25) is 0 Å². The number of nitrogens with zero attached hydrogens (tertiary/aromatic N) is 3. The Hall–Kier alpha value is -2.96. The van der Waals surface area contributed by atoms with Gasteiger partial charge in [0.2, 0.25) is 11.9 Å². The maximum atomic E-state index is 12.8. The van der Waals surface area contributed by atoms with Crippen LogP contribution in [-0.2, 0) is 4.79 Å². The Morgan fingerprint density at radius 1 is 1.17 bits per heavy atom. The highest BCUT2D eigenvalue weighted by molar-refractivity contribution is 5.83. The zero-order chi connectivity index (χ0) is 16.9. The molecule has 1 aliphatic rings. The minimum Gasteiger partial charge on any atom is -0.467 e. The number of likely N-dealkylation sites (tertiary alicyclic amines) is 1. The second kappa shape index (κ2) is 7.08. The Labute approximate surface area is 139 Å². The number of aromatic nitrogens is 1. The van der Waals surface area contributed by atoms with Crippen LogP contribution in [0, 0.1) is 10.1 Å². The van der Waals surface area contributed by atoms with Crippen molar-refractivity contribution in [3.8, 4) is 5.75 Å². The first kappa shape index (κ1) is 15.9. The van der Waals surface area contributed by atoms with Gasteiger partial charge in [0.05, 0.1) is 0 Å². The molecule has 124 valence electrons. The number of benzene rings is 1. The number of hydrogen-bond acceptors (Lipinski definition) is 5.